The summed E-state index contributed by atoms with van der Waals surface area (Å²) in [5.41, 5.74) is 0.885. The summed E-state index contributed by atoms with van der Waals surface area (Å²) in [7, 11) is -3.06. The van der Waals surface area contributed by atoms with E-state index < -0.39 is 15.8 Å². The van der Waals surface area contributed by atoms with Crippen LogP contribution in [0.2, 0.25) is 0 Å². The van der Waals surface area contributed by atoms with Crippen molar-refractivity contribution in [3.8, 4) is 11.5 Å². The molecule has 1 aromatic rings. The van der Waals surface area contributed by atoms with E-state index in [0.29, 0.717) is 31.1 Å². The molecule has 1 aliphatic rings. The number of nitrogens with one attached hydrogen (secondary N) is 1. The Labute approximate surface area is 143 Å². The maximum Gasteiger partial charge on any atom is 0.224 e. The van der Waals surface area contributed by atoms with Crippen LogP contribution >= 0.6 is 0 Å². The van der Waals surface area contributed by atoms with Crippen LogP contribution in [-0.4, -0.2) is 39.0 Å². The van der Waals surface area contributed by atoms with Gasteiger partial charge in [0.1, 0.15) is 0 Å². The number of ether oxygens (including phenoxy) is 2. The van der Waals surface area contributed by atoms with Crippen LogP contribution in [0.4, 0.5) is 0 Å². The number of sulfone groups is 1. The highest BCUT2D eigenvalue weighted by atomic mass is 32.2. The molecule has 24 heavy (non-hydrogen) atoms. The summed E-state index contributed by atoms with van der Waals surface area (Å²) >= 11 is 0. The van der Waals surface area contributed by atoms with E-state index in [1.54, 1.807) is 0 Å². The highest BCUT2D eigenvalue weighted by Crippen LogP contribution is 2.31. The zero-order valence-corrected chi connectivity index (χ0v) is 15.2. The molecule has 0 saturated carbocycles. The molecular formula is C17H25NO5S. The Hall–Kier alpha value is -1.76. The van der Waals surface area contributed by atoms with Gasteiger partial charge in [-0.2, -0.15) is 0 Å². The van der Waals surface area contributed by atoms with Crippen molar-refractivity contribution < 1.29 is 22.7 Å². The highest BCUT2D eigenvalue weighted by molar-refractivity contribution is 7.91. The SMILES string of the molecule is CCOc1ccc([C@H](C)NC(=O)[C@H]2CCS(=O)(=O)C2)cc1OCC. The van der Waals surface area contributed by atoms with Crippen LogP contribution in [0.3, 0.4) is 0 Å². The molecule has 1 heterocycles. The molecule has 0 radical (unpaired) electrons. The van der Waals surface area contributed by atoms with Gasteiger partial charge in [-0.3, -0.25) is 4.79 Å². The molecule has 2 rings (SSSR count). The van der Waals surface area contributed by atoms with Gasteiger partial charge in [-0.25, -0.2) is 8.42 Å². The molecule has 1 fully saturated rings. The summed E-state index contributed by atoms with van der Waals surface area (Å²) in [6.07, 6.45) is 0.397. The Morgan fingerprint density at radius 3 is 2.50 bits per heavy atom. The Morgan fingerprint density at radius 2 is 1.92 bits per heavy atom. The van der Waals surface area contributed by atoms with E-state index >= 15 is 0 Å². The molecule has 1 amide bonds. The lowest BCUT2D eigenvalue weighted by atomic mass is 10.0. The number of rotatable bonds is 7. The number of hydrogen-bond acceptors (Lipinski definition) is 5. The molecule has 0 bridgehead atoms. The Balaban J connectivity index is 2.07. The summed E-state index contributed by atoms with van der Waals surface area (Å²) in [6, 6.07) is 5.32. The largest absolute Gasteiger partial charge is 0.490 e. The van der Waals surface area contributed by atoms with E-state index in [4.69, 9.17) is 9.47 Å². The van der Waals surface area contributed by atoms with Gasteiger partial charge >= 0.3 is 0 Å². The molecule has 1 aliphatic heterocycles. The average Bonchev–Trinajstić information content (AvgIpc) is 2.89. The summed E-state index contributed by atoms with van der Waals surface area (Å²) in [6.45, 7) is 6.73. The Morgan fingerprint density at radius 1 is 1.25 bits per heavy atom. The number of carbonyl (C=O) groups is 1. The van der Waals surface area contributed by atoms with Crippen molar-refractivity contribution in [2.75, 3.05) is 24.7 Å². The van der Waals surface area contributed by atoms with Crippen molar-refractivity contribution in [1.82, 2.24) is 5.32 Å². The molecule has 0 unspecified atom stereocenters. The van der Waals surface area contributed by atoms with E-state index in [9.17, 15) is 13.2 Å². The van der Waals surface area contributed by atoms with Crippen LogP contribution in [0.1, 0.15) is 38.8 Å². The van der Waals surface area contributed by atoms with Crippen molar-refractivity contribution >= 4 is 15.7 Å². The van der Waals surface area contributed by atoms with Crippen LogP contribution in [-0.2, 0) is 14.6 Å². The van der Waals surface area contributed by atoms with Gasteiger partial charge in [-0.1, -0.05) is 6.07 Å². The maximum absolute atomic E-state index is 12.3. The van der Waals surface area contributed by atoms with Gasteiger partial charge in [0.2, 0.25) is 5.91 Å². The smallest absolute Gasteiger partial charge is 0.224 e. The molecule has 0 spiro atoms. The van der Waals surface area contributed by atoms with Crippen LogP contribution in [0, 0.1) is 5.92 Å². The summed E-state index contributed by atoms with van der Waals surface area (Å²) in [4.78, 5) is 12.3. The quantitative estimate of drug-likeness (QED) is 0.810. The minimum Gasteiger partial charge on any atom is -0.490 e. The van der Waals surface area contributed by atoms with E-state index in [0.717, 1.165) is 5.56 Å². The van der Waals surface area contributed by atoms with Gasteiger partial charge in [-0.05, 0) is 44.9 Å². The zero-order chi connectivity index (χ0) is 17.7. The molecule has 0 aliphatic carbocycles. The Bertz CT molecular complexity index is 686. The van der Waals surface area contributed by atoms with Crippen LogP contribution in [0.5, 0.6) is 11.5 Å². The van der Waals surface area contributed by atoms with Crippen molar-refractivity contribution in [1.29, 1.82) is 0 Å². The van der Waals surface area contributed by atoms with Gasteiger partial charge in [0.05, 0.1) is 36.7 Å². The third-order valence-electron chi connectivity index (χ3n) is 4.03. The molecule has 134 valence electrons. The monoisotopic (exact) mass is 355 g/mol. The predicted octanol–water partition coefficient (Wildman–Crippen LogP) is 2.10. The van der Waals surface area contributed by atoms with Crippen molar-refractivity contribution in [3.63, 3.8) is 0 Å². The summed E-state index contributed by atoms with van der Waals surface area (Å²) in [5.74, 6) is 0.683. The fraction of sp³-hybridized carbons (Fsp3) is 0.588. The first-order valence-corrected chi connectivity index (χ1v) is 10.1. The van der Waals surface area contributed by atoms with Gasteiger partial charge in [0, 0.05) is 0 Å². The molecule has 7 heteroatoms. The van der Waals surface area contributed by atoms with Crippen molar-refractivity contribution in [2.24, 2.45) is 5.92 Å². The van der Waals surface area contributed by atoms with Crippen molar-refractivity contribution in [3.05, 3.63) is 23.8 Å². The highest BCUT2D eigenvalue weighted by Gasteiger charge is 2.33. The lowest BCUT2D eigenvalue weighted by molar-refractivity contribution is -0.124. The van der Waals surface area contributed by atoms with Gasteiger partial charge < -0.3 is 14.8 Å². The second kappa shape index (κ2) is 7.88. The fourth-order valence-electron chi connectivity index (χ4n) is 2.75. The second-order valence-corrected chi connectivity index (χ2v) is 8.13. The van der Waals surface area contributed by atoms with Crippen LogP contribution in [0.25, 0.3) is 0 Å². The maximum atomic E-state index is 12.3. The first kappa shape index (κ1) is 18.6. The lowest BCUT2D eigenvalue weighted by Crippen LogP contribution is -2.33. The molecule has 1 saturated heterocycles. The third kappa shape index (κ3) is 4.63. The molecule has 6 nitrogen and oxygen atoms in total. The van der Waals surface area contributed by atoms with E-state index in [1.807, 2.05) is 39.0 Å². The molecule has 2 atom stereocenters. The van der Waals surface area contributed by atoms with E-state index in [1.165, 1.54) is 0 Å². The normalized spacial score (nSPS) is 20.4. The predicted molar refractivity (Wildman–Crippen MR) is 92.1 cm³/mol. The molecular weight excluding hydrogens is 330 g/mol. The minimum absolute atomic E-state index is 0.0565. The van der Waals surface area contributed by atoms with Gasteiger partial charge in [0.25, 0.3) is 0 Å². The minimum atomic E-state index is -3.06. The number of benzene rings is 1. The number of carbonyl (C=O) groups excluding carboxylic acids is 1. The average molecular weight is 355 g/mol. The van der Waals surface area contributed by atoms with Gasteiger partial charge in [0.15, 0.2) is 21.3 Å². The first-order chi connectivity index (χ1) is 11.4. The Kier molecular flexibility index (Phi) is 6.10. The molecule has 1 N–H and O–H groups in total. The summed E-state index contributed by atoms with van der Waals surface area (Å²) in [5, 5.41) is 2.90. The van der Waals surface area contributed by atoms with Crippen LogP contribution < -0.4 is 14.8 Å². The lowest BCUT2D eigenvalue weighted by Gasteiger charge is -2.19. The number of amides is 1. The topological polar surface area (TPSA) is 81.7 Å². The van der Waals surface area contributed by atoms with E-state index in [2.05, 4.69) is 5.32 Å². The van der Waals surface area contributed by atoms with Crippen molar-refractivity contribution in [2.45, 2.75) is 33.2 Å². The summed E-state index contributed by atoms with van der Waals surface area (Å²) < 4.78 is 34.1. The molecule has 1 aromatic carbocycles. The van der Waals surface area contributed by atoms with E-state index in [-0.39, 0.29) is 23.5 Å². The standard InChI is InChI=1S/C17H25NO5S/c1-4-22-15-7-6-13(10-16(15)23-5-2)12(3)18-17(19)14-8-9-24(20,21)11-14/h6-7,10,12,14H,4-5,8-9,11H2,1-3H3,(H,18,19)/t12-,14-/m0/s1. The van der Waals surface area contributed by atoms with Gasteiger partial charge in [-0.15, -0.1) is 0 Å². The third-order valence-corrected chi connectivity index (χ3v) is 5.80. The number of hydrogen-bond donors (Lipinski definition) is 1. The van der Waals surface area contributed by atoms with Crippen LogP contribution in [0.15, 0.2) is 18.2 Å². The second-order valence-electron chi connectivity index (χ2n) is 5.90. The fourth-order valence-corrected chi connectivity index (χ4v) is 4.49. The first-order valence-electron chi connectivity index (χ1n) is 8.26. The zero-order valence-electron chi connectivity index (χ0n) is 14.4. The molecule has 0 aromatic heterocycles.